The molecule has 0 aromatic heterocycles. The minimum absolute atomic E-state index is 0.132. The summed E-state index contributed by atoms with van der Waals surface area (Å²) in [5, 5.41) is -0.132. The number of nitrogens with zero attached hydrogens (tertiary/aromatic N) is 1. The Kier molecular flexibility index (Phi) is 6.96. The highest BCUT2D eigenvalue weighted by Gasteiger charge is 2.36. The SMILES string of the molecule is NCCCN(C1CCCCCC1)S(=O)(=O)C1CCCCC1. The average molecular weight is 317 g/mol. The number of sulfonamides is 1. The van der Waals surface area contributed by atoms with Crippen molar-refractivity contribution in [2.75, 3.05) is 13.1 Å². The summed E-state index contributed by atoms with van der Waals surface area (Å²) in [5.41, 5.74) is 5.64. The van der Waals surface area contributed by atoms with Gasteiger partial charge in [-0.3, -0.25) is 0 Å². The highest BCUT2D eigenvalue weighted by atomic mass is 32.2. The molecule has 2 rings (SSSR count). The summed E-state index contributed by atoms with van der Waals surface area (Å²) in [6, 6.07) is 0.228. The normalized spacial score (nSPS) is 23.3. The van der Waals surface area contributed by atoms with E-state index in [0.29, 0.717) is 13.1 Å². The first-order chi connectivity index (χ1) is 10.2. The van der Waals surface area contributed by atoms with Crippen molar-refractivity contribution in [1.29, 1.82) is 0 Å². The maximum Gasteiger partial charge on any atom is 0.217 e. The lowest BCUT2D eigenvalue weighted by Crippen LogP contribution is -2.46. The molecule has 0 amide bonds. The quantitative estimate of drug-likeness (QED) is 0.766. The minimum atomic E-state index is -3.13. The van der Waals surface area contributed by atoms with Gasteiger partial charge < -0.3 is 5.73 Å². The van der Waals surface area contributed by atoms with Crippen LogP contribution in [0.15, 0.2) is 0 Å². The second kappa shape index (κ2) is 8.49. The first kappa shape index (κ1) is 17.2. The molecule has 2 aliphatic carbocycles. The van der Waals surface area contributed by atoms with Crippen LogP contribution in [0.3, 0.4) is 0 Å². The van der Waals surface area contributed by atoms with Gasteiger partial charge in [0, 0.05) is 12.6 Å². The zero-order chi connectivity index (χ0) is 15.1. The van der Waals surface area contributed by atoms with E-state index in [9.17, 15) is 8.42 Å². The van der Waals surface area contributed by atoms with Crippen molar-refractivity contribution in [3.05, 3.63) is 0 Å². The van der Waals surface area contributed by atoms with E-state index in [1.54, 1.807) is 0 Å². The van der Waals surface area contributed by atoms with Crippen LogP contribution in [0.25, 0.3) is 0 Å². The van der Waals surface area contributed by atoms with Crippen molar-refractivity contribution < 1.29 is 8.42 Å². The van der Waals surface area contributed by atoms with Crippen molar-refractivity contribution in [2.24, 2.45) is 5.73 Å². The van der Waals surface area contributed by atoms with E-state index in [1.165, 1.54) is 32.1 Å². The van der Waals surface area contributed by atoms with Gasteiger partial charge in [-0.25, -0.2) is 8.42 Å². The Balaban J connectivity index is 2.12. The molecule has 4 nitrogen and oxygen atoms in total. The van der Waals surface area contributed by atoms with Crippen molar-refractivity contribution in [1.82, 2.24) is 4.31 Å². The van der Waals surface area contributed by atoms with Crippen LogP contribution in [0.5, 0.6) is 0 Å². The average Bonchev–Trinajstić information content (AvgIpc) is 2.77. The monoisotopic (exact) mass is 316 g/mol. The molecule has 0 aromatic rings. The van der Waals surface area contributed by atoms with Gasteiger partial charge in [0.15, 0.2) is 0 Å². The number of hydrogen-bond donors (Lipinski definition) is 1. The highest BCUT2D eigenvalue weighted by Crippen LogP contribution is 2.31. The van der Waals surface area contributed by atoms with Crippen molar-refractivity contribution in [3.8, 4) is 0 Å². The first-order valence-corrected chi connectivity index (χ1v) is 10.4. The van der Waals surface area contributed by atoms with E-state index in [-0.39, 0.29) is 11.3 Å². The molecule has 0 spiro atoms. The smallest absolute Gasteiger partial charge is 0.217 e. The minimum Gasteiger partial charge on any atom is -0.330 e. The van der Waals surface area contributed by atoms with Crippen LogP contribution >= 0.6 is 0 Å². The molecule has 0 radical (unpaired) electrons. The molecular formula is C16H32N2O2S. The molecule has 0 saturated heterocycles. The summed E-state index contributed by atoms with van der Waals surface area (Å²) in [6.07, 6.45) is 12.7. The Bertz CT molecular complexity index is 383. The fraction of sp³-hybridized carbons (Fsp3) is 1.00. The third-order valence-corrected chi connectivity index (χ3v) is 7.56. The van der Waals surface area contributed by atoms with E-state index in [4.69, 9.17) is 5.73 Å². The van der Waals surface area contributed by atoms with Crippen LogP contribution in [0.1, 0.15) is 77.0 Å². The summed E-state index contributed by atoms with van der Waals surface area (Å²) >= 11 is 0. The van der Waals surface area contributed by atoms with Crippen LogP contribution in [0.2, 0.25) is 0 Å². The van der Waals surface area contributed by atoms with Crippen LogP contribution in [0, 0.1) is 0 Å². The molecule has 21 heavy (non-hydrogen) atoms. The van der Waals surface area contributed by atoms with Gasteiger partial charge in [0.2, 0.25) is 10.0 Å². The van der Waals surface area contributed by atoms with Gasteiger partial charge in [-0.2, -0.15) is 4.31 Å². The second-order valence-electron chi connectivity index (χ2n) is 6.70. The lowest BCUT2D eigenvalue weighted by Gasteiger charge is -2.35. The topological polar surface area (TPSA) is 63.4 Å². The fourth-order valence-electron chi connectivity index (χ4n) is 3.86. The molecule has 2 saturated carbocycles. The molecule has 0 heterocycles. The molecule has 2 N–H and O–H groups in total. The Labute approximate surface area is 130 Å². The zero-order valence-electron chi connectivity index (χ0n) is 13.3. The Morgan fingerprint density at radius 3 is 1.95 bits per heavy atom. The fourth-order valence-corrected chi connectivity index (χ4v) is 6.19. The van der Waals surface area contributed by atoms with Gasteiger partial charge in [-0.05, 0) is 38.6 Å². The van der Waals surface area contributed by atoms with E-state index in [2.05, 4.69) is 0 Å². The van der Waals surface area contributed by atoms with Gasteiger partial charge in [0.05, 0.1) is 5.25 Å². The predicted octanol–water partition coefficient (Wildman–Crippen LogP) is 3.02. The molecule has 2 fully saturated rings. The summed E-state index contributed by atoms with van der Waals surface area (Å²) in [4.78, 5) is 0. The predicted molar refractivity (Wildman–Crippen MR) is 87.7 cm³/mol. The van der Waals surface area contributed by atoms with E-state index < -0.39 is 10.0 Å². The van der Waals surface area contributed by atoms with Crippen LogP contribution in [-0.4, -0.2) is 37.1 Å². The van der Waals surface area contributed by atoms with Gasteiger partial charge in [0.25, 0.3) is 0 Å². The van der Waals surface area contributed by atoms with Gasteiger partial charge in [-0.15, -0.1) is 0 Å². The summed E-state index contributed by atoms with van der Waals surface area (Å²) < 4.78 is 28.0. The van der Waals surface area contributed by atoms with Crippen LogP contribution < -0.4 is 5.73 Å². The standard InChI is InChI=1S/C16H32N2O2S/c17-13-8-14-18(15-9-4-1-2-5-10-15)21(19,20)16-11-6-3-7-12-16/h15-16H,1-14,17H2. The number of rotatable bonds is 6. The zero-order valence-corrected chi connectivity index (χ0v) is 14.1. The molecular weight excluding hydrogens is 284 g/mol. The third-order valence-electron chi connectivity index (χ3n) is 5.11. The van der Waals surface area contributed by atoms with Gasteiger partial charge in [0.1, 0.15) is 0 Å². The maximum absolute atomic E-state index is 13.1. The molecule has 2 aliphatic rings. The molecule has 0 aromatic carbocycles. The van der Waals surface area contributed by atoms with Crippen molar-refractivity contribution in [3.63, 3.8) is 0 Å². The number of hydrogen-bond acceptors (Lipinski definition) is 3. The van der Waals surface area contributed by atoms with Gasteiger partial charge in [-0.1, -0.05) is 44.9 Å². The molecule has 0 bridgehead atoms. The Morgan fingerprint density at radius 1 is 0.857 bits per heavy atom. The highest BCUT2D eigenvalue weighted by molar-refractivity contribution is 7.89. The number of nitrogens with two attached hydrogens (primary N) is 1. The largest absolute Gasteiger partial charge is 0.330 e. The molecule has 124 valence electrons. The Hall–Kier alpha value is -0.130. The summed E-state index contributed by atoms with van der Waals surface area (Å²) in [7, 11) is -3.13. The van der Waals surface area contributed by atoms with E-state index in [1.807, 2.05) is 4.31 Å². The molecule has 0 aliphatic heterocycles. The molecule has 5 heteroatoms. The summed E-state index contributed by atoms with van der Waals surface area (Å²) in [6.45, 7) is 1.20. The van der Waals surface area contributed by atoms with Crippen molar-refractivity contribution >= 4 is 10.0 Å². The maximum atomic E-state index is 13.1. The third kappa shape index (κ3) is 4.67. The lowest BCUT2D eigenvalue weighted by atomic mass is 10.0. The van der Waals surface area contributed by atoms with Crippen LogP contribution in [-0.2, 0) is 10.0 Å². The second-order valence-corrected chi connectivity index (χ2v) is 8.87. The van der Waals surface area contributed by atoms with Crippen molar-refractivity contribution in [2.45, 2.75) is 88.3 Å². The molecule has 0 unspecified atom stereocenters. The lowest BCUT2D eigenvalue weighted by molar-refractivity contribution is 0.283. The van der Waals surface area contributed by atoms with Crippen LogP contribution in [0.4, 0.5) is 0 Å². The van der Waals surface area contributed by atoms with Gasteiger partial charge >= 0.3 is 0 Å². The Morgan fingerprint density at radius 2 is 1.38 bits per heavy atom. The molecule has 0 atom stereocenters. The van der Waals surface area contributed by atoms with E-state index >= 15 is 0 Å². The van der Waals surface area contributed by atoms with E-state index in [0.717, 1.165) is 44.9 Å². The first-order valence-electron chi connectivity index (χ1n) is 8.87. The summed E-state index contributed by atoms with van der Waals surface area (Å²) in [5.74, 6) is 0.